The topological polar surface area (TPSA) is 59.2 Å². The number of hydrogen-bond acceptors (Lipinski definition) is 4. The molecule has 1 rings (SSSR count). The van der Waals surface area contributed by atoms with Gasteiger partial charge in [0.15, 0.2) is 5.78 Å². The van der Waals surface area contributed by atoms with E-state index in [4.69, 9.17) is 5.73 Å². The highest BCUT2D eigenvalue weighted by Gasteiger charge is 2.37. The fraction of sp³-hybridized carbons (Fsp3) is 0.571. The minimum absolute atomic E-state index is 0.0549. The molecule has 0 aliphatic heterocycles. The molecule has 1 heterocycles. The first-order chi connectivity index (χ1) is 8.51. The molecule has 0 saturated heterocycles. The molecule has 1 unspecified atom stereocenters. The SMILES string of the molecule is CCN(CC)C(C)(CC)C(=O)c1cnccc1N. The predicted molar refractivity (Wildman–Crippen MR) is 74.6 cm³/mol. The molecule has 1 atom stereocenters. The normalized spacial score (nSPS) is 14.5. The predicted octanol–water partition coefficient (Wildman–Crippen LogP) is 2.36. The van der Waals surface area contributed by atoms with Gasteiger partial charge in [0, 0.05) is 18.1 Å². The Labute approximate surface area is 109 Å². The minimum atomic E-state index is -0.513. The lowest BCUT2D eigenvalue weighted by atomic mass is 9.86. The fourth-order valence-electron chi connectivity index (χ4n) is 2.33. The van der Waals surface area contributed by atoms with Crippen LogP contribution in [0.3, 0.4) is 0 Å². The van der Waals surface area contributed by atoms with Gasteiger partial charge in [-0.05, 0) is 32.5 Å². The van der Waals surface area contributed by atoms with E-state index in [0.29, 0.717) is 11.3 Å². The molecule has 0 aliphatic carbocycles. The van der Waals surface area contributed by atoms with Gasteiger partial charge in [0.2, 0.25) is 0 Å². The summed E-state index contributed by atoms with van der Waals surface area (Å²) in [5.74, 6) is 0.0549. The van der Waals surface area contributed by atoms with Crippen LogP contribution in [0.5, 0.6) is 0 Å². The molecule has 0 aromatic carbocycles. The summed E-state index contributed by atoms with van der Waals surface area (Å²) in [5, 5.41) is 0. The third kappa shape index (κ3) is 2.53. The summed E-state index contributed by atoms with van der Waals surface area (Å²) in [4.78, 5) is 18.9. The van der Waals surface area contributed by atoms with Gasteiger partial charge in [-0.3, -0.25) is 14.7 Å². The molecule has 0 amide bonds. The van der Waals surface area contributed by atoms with Gasteiger partial charge < -0.3 is 5.73 Å². The second-order valence-electron chi connectivity index (χ2n) is 4.59. The molecule has 0 saturated carbocycles. The molecule has 0 fully saturated rings. The molecule has 1 aromatic heterocycles. The van der Waals surface area contributed by atoms with Crippen LogP contribution in [0.2, 0.25) is 0 Å². The van der Waals surface area contributed by atoms with Crippen LogP contribution in [-0.4, -0.2) is 34.3 Å². The number of nitrogens with two attached hydrogens (primary N) is 1. The number of aromatic nitrogens is 1. The van der Waals surface area contributed by atoms with E-state index >= 15 is 0 Å². The molecular formula is C14H23N3O. The van der Waals surface area contributed by atoms with Gasteiger partial charge in [-0.25, -0.2) is 0 Å². The highest BCUT2D eigenvalue weighted by Crippen LogP contribution is 2.26. The third-order valence-electron chi connectivity index (χ3n) is 3.74. The number of nitrogens with zero attached hydrogens (tertiary/aromatic N) is 2. The highest BCUT2D eigenvalue weighted by molar-refractivity contribution is 6.06. The molecule has 0 aliphatic rings. The Morgan fingerprint density at radius 1 is 1.39 bits per heavy atom. The van der Waals surface area contributed by atoms with E-state index in [1.54, 1.807) is 18.5 Å². The quantitative estimate of drug-likeness (QED) is 0.786. The second kappa shape index (κ2) is 5.96. The molecule has 0 radical (unpaired) electrons. The summed E-state index contributed by atoms with van der Waals surface area (Å²) in [7, 11) is 0. The zero-order valence-electron chi connectivity index (χ0n) is 11.7. The van der Waals surface area contributed by atoms with Crippen molar-refractivity contribution in [2.45, 2.75) is 39.7 Å². The van der Waals surface area contributed by atoms with E-state index < -0.39 is 5.54 Å². The van der Waals surface area contributed by atoms with Crippen molar-refractivity contribution in [2.24, 2.45) is 0 Å². The maximum absolute atomic E-state index is 12.7. The Hall–Kier alpha value is -1.42. The first-order valence-corrected chi connectivity index (χ1v) is 6.50. The molecule has 4 nitrogen and oxygen atoms in total. The third-order valence-corrected chi connectivity index (χ3v) is 3.74. The molecule has 4 heteroatoms. The lowest BCUT2D eigenvalue weighted by Gasteiger charge is -2.38. The van der Waals surface area contributed by atoms with E-state index in [9.17, 15) is 4.79 Å². The largest absolute Gasteiger partial charge is 0.398 e. The summed E-state index contributed by atoms with van der Waals surface area (Å²) < 4.78 is 0. The van der Waals surface area contributed by atoms with Crippen molar-refractivity contribution in [1.82, 2.24) is 9.88 Å². The van der Waals surface area contributed by atoms with Crippen molar-refractivity contribution in [1.29, 1.82) is 0 Å². The van der Waals surface area contributed by atoms with Gasteiger partial charge in [-0.1, -0.05) is 20.8 Å². The van der Waals surface area contributed by atoms with E-state index in [1.165, 1.54) is 0 Å². The van der Waals surface area contributed by atoms with Gasteiger partial charge in [-0.2, -0.15) is 0 Å². The van der Waals surface area contributed by atoms with E-state index in [1.807, 2.05) is 13.8 Å². The van der Waals surface area contributed by atoms with Crippen LogP contribution >= 0.6 is 0 Å². The number of nitrogen functional groups attached to an aromatic ring is 1. The van der Waals surface area contributed by atoms with Crippen LogP contribution in [0.25, 0.3) is 0 Å². The number of hydrogen-bond donors (Lipinski definition) is 1. The number of anilines is 1. The van der Waals surface area contributed by atoms with Crippen LogP contribution in [0, 0.1) is 0 Å². The molecule has 100 valence electrons. The number of carbonyl (C=O) groups excluding carboxylic acids is 1. The lowest BCUT2D eigenvalue weighted by molar-refractivity contribution is 0.0608. The van der Waals surface area contributed by atoms with Gasteiger partial charge in [0.05, 0.1) is 11.1 Å². The minimum Gasteiger partial charge on any atom is -0.398 e. The maximum atomic E-state index is 12.7. The Morgan fingerprint density at radius 3 is 2.44 bits per heavy atom. The van der Waals surface area contributed by atoms with E-state index in [2.05, 4.69) is 23.7 Å². The lowest BCUT2D eigenvalue weighted by Crippen LogP contribution is -2.52. The van der Waals surface area contributed by atoms with Gasteiger partial charge >= 0.3 is 0 Å². The van der Waals surface area contributed by atoms with Gasteiger partial charge in [0.25, 0.3) is 0 Å². The Bertz CT molecular complexity index is 415. The zero-order chi connectivity index (χ0) is 13.8. The Kier molecular flexibility index (Phi) is 4.84. The Balaban J connectivity index is 3.17. The highest BCUT2D eigenvalue weighted by atomic mass is 16.1. The van der Waals surface area contributed by atoms with Crippen LogP contribution in [0.4, 0.5) is 5.69 Å². The van der Waals surface area contributed by atoms with Crippen molar-refractivity contribution >= 4 is 11.5 Å². The average Bonchev–Trinajstić information content (AvgIpc) is 2.39. The number of ketones is 1. The number of carbonyl (C=O) groups is 1. The number of pyridine rings is 1. The summed E-state index contributed by atoms with van der Waals surface area (Å²) in [6, 6.07) is 1.67. The summed E-state index contributed by atoms with van der Waals surface area (Å²) in [6.45, 7) is 9.83. The number of rotatable bonds is 6. The summed E-state index contributed by atoms with van der Waals surface area (Å²) in [5.41, 5.74) is 6.39. The first kappa shape index (κ1) is 14.6. The number of Topliss-reactive ketones (excluding diaryl/α,β-unsaturated/α-hetero) is 1. The molecule has 0 spiro atoms. The standard InChI is InChI=1S/C14H23N3O/c1-5-14(4,17(6-2)7-3)13(18)11-10-16-9-8-12(11)15/h8-10H,5-7H2,1-4H3,(H2,15,16). The van der Waals surface area contributed by atoms with E-state index in [-0.39, 0.29) is 5.78 Å². The molecule has 18 heavy (non-hydrogen) atoms. The summed E-state index contributed by atoms with van der Waals surface area (Å²) in [6.07, 6.45) is 3.92. The molecule has 0 bridgehead atoms. The monoisotopic (exact) mass is 249 g/mol. The van der Waals surface area contributed by atoms with Crippen LogP contribution in [0.15, 0.2) is 18.5 Å². The van der Waals surface area contributed by atoms with Gasteiger partial charge in [-0.15, -0.1) is 0 Å². The van der Waals surface area contributed by atoms with Crippen molar-refractivity contribution in [2.75, 3.05) is 18.8 Å². The second-order valence-corrected chi connectivity index (χ2v) is 4.59. The number of likely N-dealkylation sites (N-methyl/N-ethyl adjacent to an activating group) is 1. The molecular weight excluding hydrogens is 226 g/mol. The Morgan fingerprint density at radius 2 is 2.00 bits per heavy atom. The maximum Gasteiger partial charge on any atom is 0.186 e. The summed E-state index contributed by atoms with van der Waals surface area (Å²) >= 11 is 0. The smallest absolute Gasteiger partial charge is 0.186 e. The van der Waals surface area contributed by atoms with Crippen molar-refractivity contribution < 1.29 is 4.79 Å². The van der Waals surface area contributed by atoms with Crippen LogP contribution < -0.4 is 5.73 Å². The first-order valence-electron chi connectivity index (χ1n) is 6.50. The van der Waals surface area contributed by atoms with E-state index in [0.717, 1.165) is 19.5 Å². The van der Waals surface area contributed by atoms with Crippen molar-refractivity contribution in [3.05, 3.63) is 24.0 Å². The average molecular weight is 249 g/mol. The van der Waals surface area contributed by atoms with Crippen LogP contribution in [-0.2, 0) is 0 Å². The molecule has 2 N–H and O–H groups in total. The van der Waals surface area contributed by atoms with Crippen molar-refractivity contribution in [3.8, 4) is 0 Å². The van der Waals surface area contributed by atoms with Crippen LogP contribution in [0.1, 0.15) is 44.5 Å². The molecule has 1 aromatic rings. The fourth-order valence-corrected chi connectivity index (χ4v) is 2.33. The zero-order valence-corrected chi connectivity index (χ0v) is 11.7. The van der Waals surface area contributed by atoms with Gasteiger partial charge in [0.1, 0.15) is 0 Å². The van der Waals surface area contributed by atoms with Crippen molar-refractivity contribution in [3.63, 3.8) is 0 Å².